The van der Waals surface area contributed by atoms with Crippen molar-refractivity contribution in [2.45, 2.75) is 0 Å². The van der Waals surface area contributed by atoms with Crippen molar-refractivity contribution in [1.29, 1.82) is 0 Å². The molecule has 0 bridgehead atoms. The van der Waals surface area contributed by atoms with E-state index in [9.17, 15) is 30.6 Å². The van der Waals surface area contributed by atoms with E-state index in [0.717, 1.165) is 24.3 Å². The van der Waals surface area contributed by atoms with Gasteiger partial charge in [-0.05, 0) is 0 Å². The molecule has 9 heteroatoms. The molecule has 0 aliphatic carbocycles. The van der Waals surface area contributed by atoms with E-state index in [2.05, 4.69) is 0 Å². The Morgan fingerprint density at radius 3 is 1.16 bits per heavy atom. The van der Waals surface area contributed by atoms with E-state index in [4.69, 9.17) is 14.2 Å². The van der Waals surface area contributed by atoms with Gasteiger partial charge in [0.15, 0.2) is 23.0 Å². The van der Waals surface area contributed by atoms with Crippen molar-refractivity contribution in [2.75, 3.05) is 26.4 Å². The molecule has 0 atom stereocenters. The van der Waals surface area contributed by atoms with Crippen LogP contribution in [0.1, 0.15) is 0 Å². The SMILES string of the molecule is Oc1cc(OCCOCCOc2cc(O)c(O)c(O)c2)cc(O)c1O. The molecule has 6 N–H and O–H groups in total. The molecule has 25 heavy (non-hydrogen) atoms. The smallest absolute Gasteiger partial charge is 0.200 e. The molecule has 0 aliphatic rings. The van der Waals surface area contributed by atoms with Gasteiger partial charge in [0.2, 0.25) is 11.5 Å². The summed E-state index contributed by atoms with van der Waals surface area (Å²) in [7, 11) is 0. The standard InChI is InChI=1S/C16H18O9/c17-11-5-9(6-12(18)15(11)21)24-3-1-23-2-4-25-10-7-13(19)16(22)14(20)8-10/h5-8,17-22H,1-4H2. The fraction of sp³-hybridized carbons (Fsp3) is 0.250. The van der Waals surface area contributed by atoms with Crippen LogP contribution in [0, 0.1) is 0 Å². The normalized spacial score (nSPS) is 10.6. The van der Waals surface area contributed by atoms with Crippen LogP contribution in [0.3, 0.4) is 0 Å². The lowest BCUT2D eigenvalue weighted by Crippen LogP contribution is -2.12. The van der Waals surface area contributed by atoms with E-state index in [-0.39, 0.29) is 37.9 Å². The fourth-order valence-electron chi connectivity index (χ4n) is 1.86. The van der Waals surface area contributed by atoms with E-state index in [0.29, 0.717) is 0 Å². The first kappa shape index (κ1) is 18.1. The Morgan fingerprint density at radius 1 is 0.520 bits per heavy atom. The maximum Gasteiger partial charge on any atom is 0.200 e. The maximum absolute atomic E-state index is 9.33. The monoisotopic (exact) mass is 354 g/mol. The van der Waals surface area contributed by atoms with Gasteiger partial charge in [0.25, 0.3) is 0 Å². The number of ether oxygens (including phenoxy) is 3. The number of phenols is 6. The zero-order valence-electron chi connectivity index (χ0n) is 13.0. The van der Waals surface area contributed by atoms with Crippen molar-refractivity contribution >= 4 is 0 Å². The summed E-state index contributed by atoms with van der Waals surface area (Å²) in [5.74, 6) is -2.88. The van der Waals surface area contributed by atoms with E-state index in [1.54, 1.807) is 0 Å². The summed E-state index contributed by atoms with van der Waals surface area (Å²) in [6, 6.07) is 4.62. The third kappa shape index (κ3) is 4.88. The van der Waals surface area contributed by atoms with Gasteiger partial charge in [-0.3, -0.25) is 0 Å². The molecular weight excluding hydrogens is 336 g/mol. The zero-order chi connectivity index (χ0) is 18.4. The van der Waals surface area contributed by atoms with Crippen LogP contribution >= 0.6 is 0 Å². The molecule has 2 aromatic rings. The predicted octanol–water partition coefficient (Wildman–Crippen LogP) is 1.39. The van der Waals surface area contributed by atoms with Crippen LogP contribution in [0.15, 0.2) is 24.3 Å². The Kier molecular flexibility index (Phi) is 5.85. The quantitative estimate of drug-likeness (QED) is 0.305. The molecule has 0 radical (unpaired) electrons. The number of hydrogen-bond acceptors (Lipinski definition) is 9. The Morgan fingerprint density at radius 2 is 0.840 bits per heavy atom. The van der Waals surface area contributed by atoms with Crippen molar-refractivity contribution < 1.29 is 44.8 Å². The Bertz CT molecular complexity index is 622. The zero-order valence-corrected chi connectivity index (χ0v) is 13.0. The summed E-state index contributed by atoms with van der Waals surface area (Å²) in [5, 5.41) is 55.7. The van der Waals surface area contributed by atoms with Crippen molar-refractivity contribution in [1.82, 2.24) is 0 Å². The van der Waals surface area contributed by atoms with Gasteiger partial charge in [0.1, 0.15) is 24.7 Å². The molecule has 0 saturated heterocycles. The molecule has 0 aliphatic heterocycles. The summed E-state index contributed by atoms with van der Waals surface area (Å²) in [5.41, 5.74) is 0. The second-order valence-corrected chi connectivity index (χ2v) is 4.93. The van der Waals surface area contributed by atoms with Crippen molar-refractivity contribution in [3.05, 3.63) is 24.3 Å². The van der Waals surface area contributed by atoms with Gasteiger partial charge in [-0.1, -0.05) is 0 Å². The summed E-state index contributed by atoms with van der Waals surface area (Å²) >= 11 is 0. The highest BCUT2D eigenvalue weighted by Crippen LogP contribution is 2.39. The van der Waals surface area contributed by atoms with Crippen LogP contribution in [-0.2, 0) is 4.74 Å². The molecule has 0 amide bonds. The molecule has 2 rings (SSSR count). The minimum absolute atomic E-state index is 0.129. The lowest BCUT2D eigenvalue weighted by Gasteiger charge is -2.10. The average molecular weight is 354 g/mol. The summed E-state index contributed by atoms with van der Waals surface area (Å²) in [4.78, 5) is 0. The van der Waals surface area contributed by atoms with Gasteiger partial charge in [0, 0.05) is 24.3 Å². The van der Waals surface area contributed by atoms with Crippen molar-refractivity contribution in [2.24, 2.45) is 0 Å². The first-order chi connectivity index (χ1) is 11.9. The predicted molar refractivity (Wildman–Crippen MR) is 84.7 cm³/mol. The topological polar surface area (TPSA) is 149 Å². The van der Waals surface area contributed by atoms with Gasteiger partial charge in [-0.15, -0.1) is 0 Å². The highest BCUT2D eigenvalue weighted by atomic mass is 16.5. The molecule has 2 aromatic carbocycles. The number of hydrogen-bond donors (Lipinski definition) is 6. The second-order valence-electron chi connectivity index (χ2n) is 4.93. The van der Waals surface area contributed by atoms with E-state index in [1.807, 2.05) is 0 Å². The Hall–Kier alpha value is -3.20. The molecule has 0 spiro atoms. The average Bonchev–Trinajstić information content (AvgIpc) is 2.56. The van der Waals surface area contributed by atoms with E-state index in [1.165, 1.54) is 0 Å². The first-order valence-corrected chi connectivity index (χ1v) is 7.21. The molecular formula is C16H18O9. The second kappa shape index (κ2) is 8.06. The Balaban J connectivity index is 1.66. The summed E-state index contributed by atoms with van der Waals surface area (Å²) < 4.78 is 15.7. The molecule has 0 saturated carbocycles. The summed E-state index contributed by atoms with van der Waals surface area (Å²) in [6.07, 6.45) is 0. The van der Waals surface area contributed by atoms with E-state index >= 15 is 0 Å². The third-order valence-electron chi connectivity index (χ3n) is 3.08. The molecule has 0 unspecified atom stereocenters. The largest absolute Gasteiger partial charge is 0.504 e. The van der Waals surface area contributed by atoms with Gasteiger partial charge in [-0.2, -0.15) is 0 Å². The van der Waals surface area contributed by atoms with E-state index < -0.39 is 34.5 Å². The van der Waals surface area contributed by atoms with Crippen LogP contribution in [0.4, 0.5) is 0 Å². The van der Waals surface area contributed by atoms with Gasteiger partial charge >= 0.3 is 0 Å². The number of aromatic hydroxyl groups is 6. The highest BCUT2D eigenvalue weighted by molar-refractivity contribution is 5.54. The van der Waals surface area contributed by atoms with Crippen LogP contribution in [0.2, 0.25) is 0 Å². The lowest BCUT2D eigenvalue weighted by atomic mass is 10.3. The molecule has 9 nitrogen and oxygen atoms in total. The van der Waals surface area contributed by atoms with Crippen LogP contribution in [0.25, 0.3) is 0 Å². The van der Waals surface area contributed by atoms with Gasteiger partial charge in [-0.25, -0.2) is 0 Å². The van der Waals surface area contributed by atoms with Crippen molar-refractivity contribution in [3.63, 3.8) is 0 Å². The fourth-order valence-corrected chi connectivity index (χ4v) is 1.86. The maximum atomic E-state index is 9.33. The molecule has 0 fully saturated rings. The van der Waals surface area contributed by atoms with Crippen molar-refractivity contribution in [3.8, 4) is 46.0 Å². The highest BCUT2D eigenvalue weighted by Gasteiger charge is 2.09. The van der Waals surface area contributed by atoms with Crippen LogP contribution in [-0.4, -0.2) is 57.1 Å². The van der Waals surface area contributed by atoms with Gasteiger partial charge < -0.3 is 44.8 Å². The third-order valence-corrected chi connectivity index (χ3v) is 3.08. The molecule has 0 heterocycles. The Labute approximate surface area is 142 Å². The number of phenolic OH excluding ortho intramolecular Hbond substituents is 6. The summed E-state index contributed by atoms with van der Waals surface area (Å²) in [6.45, 7) is 0.643. The molecule has 0 aromatic heterocycles. The minimum Gasteiger partial charge on any atom is -0.504 e. The van der Waals surface area contributed by atoms with Crippen LogP contribution in [0.5, 0.6) is 46.0 Å². The number of rotatable bonds is 8. The van der Waals surface area contributed by atoms with Crippen LogP contribution < -0.4 is 9.47 Å². The number of benzene rings is 2. The lowest BCUT2D eigenvalue weighted by molar-refractivity contribution is 0.0761. The minimum atomic E-state index is -0.618. The van der Waals surface area contributed by atoms with Gasteiger partial charge in [0.05, 0.1) is 13.2 Å². The molecule has 136 valence electrons. The first-order valence-electron chi connectivity index (χ1n) is 7.21.